The van der Waals surface area contributed by atoms with E-state index >= 15 is 0 Å². The fraction of sp³-hybridized carbons (Fsp3) is 0.385. The fourth-order valence-corrected chi connectivity index (χ4v) is 1.52. The van der Waals surface area contributed by atoms with Crippen LogP contribution in [0.3, 0.4) is 0 Å². The number of nitrogens with one attached hydrogen (secondary N) is 2. The van der Waals surface area contributed by atoms with Crippen molar-refractivity contribution < 1.29 is 19.4 Å². The van der Waals surface area contributed by atoms with Crippen LogP contribution in [-0.2, 0) is 9.53 Å². The quantitative estimate of drug-likeness (QED) is 0.681. The number of benzene rings is 1. The lowest BCUT2D eigenvalue weighted by atomic mass is 10.1. The molecule has 0 fully saturated rings. The maximum Gasteiger partial charge on any atom is 0.329 e. The van der Waals surface area contributed by atoms with E-state index in [-0.39, 0.29) is 25.8 Å². The monoisotopic (exact) mass is 266 g/mol. The van der Waals surface area contributed by atoms with E-state index in [9.17, 15) is 9.59 Å². The molecule has 0 unspecified atom stereocenters. The Bertz CT molecular complexity index is 460. The molecular weight excluding hydrogens is 248 g/mol. The summed E-state index contributed by atoms with van der Waals surface area (Å²) in [6, 6.07) is 5.39. The molecule has 0 heterocycles. The second-order valence-electron chi connectivity index (χ2n) is 4.15. The van der Waals surface area contributed by atoms with E-state index in [0.717, 1.165) is 16.8 Å². The molecule has 0 saturated heterocycles. The highest BCUT2D eigenvalue weighted by Crippen LogP contribution is 2.15. The third-order valence-electron chi connectivity index (χ3n) is 2.39. The zero-order valence-electron chi connectivity index (χ0n) is 11.0. The molecule has 1 aromatic rings. The number of aliphatic carboxylic acids is 1. The SMILES string of the molecule is Cc1ccc(NC(=O)NCCOCC(=O)O)c(C)c1. The molecule has 0 atom stereocenters. The van der Waals surface area contributed by atoms with Crippen LogP contribution in [0.15, 0.2) is 18.2 Å². The van der Waals surface area contributed by atoms with E-state index in [1.165, 1.54) is 0 Å². The highest BCUT2D eigenvalue weighted by atomic mass is 16.5. The summed E-state index contributed by atoms with van der Waals surface area (Å²) in [6.45, 7) is 3.95. The minimum Gasteiger partial charge on any atom is -0.480 e. The normalized spacial score (nSPS) is 10.0. The topological polar surface area (TPSA) is 87.7 Å². The molecule has 0 aromatic heterocycles. The van der Waals surface area contributed by atoms with E-state index in [0.29, 0.717) is 0 Å². The van der Waals surface area contributed by atoms with Gasteiger partial charge in [-0.3, -0.25) is 0 Å². The number of carbonyl (C=O) groups is 2. The molecule has 2 amide bonds. The van der Waals surface area contributed by atoms with Crippen molar-refractivity contribution in [3.63, 3.8) is 0 Å². The number of aryl methyl sites for hydroxylation is 2. The molecule has 0 radical (unpaired) electrons. The molecule has 3 N–H and O–H groups in total. The van der Waals surface area contributed by atoms with Crippen LogP contribution < -0.4 is 10.6 Å². The van der Waals surface area contributed by atoms with Crippen LogP contribution >= 0.6 is 0 Å². The fourth-order valence-electron chi connectivity index (χ4n) is 1.52. The van der Waals surface area contributed by atoms with Crippen LogP contribution in [0.2, 0.25) is 0 Å². The second-order valence-corrected chi connectivity index (χ2v) is 4.15. The summed E-state index contributed by atoms with van der Waals surface area (Å²) in [7, 11) is 0. The first-order chi connectivity index (χ1) is 8.99. The molecule has 1 rings (SSSR count). The van der Waals surface area contributed by atoms with Crippen molar-refractivity contribution in [3.05, 3.63) is 29.3 Å². The van der Waals surface area contributed by atoms with Gasteiger partial charge in [-0.1, -0.05) is 17.7 Å². The molecule has 0 bridgehead atoms. The Morgan fingerprint density at radius 3 is 2.68 bits per heavy atom. The summed E-state index contributed by atoms with van der Waals surface area (Å²) < 4.78 is 4.79. The second kappa shape index (κ2) is 7.38. The average Bonchev–Trinajstić information content (AvgIpc) is 2.32. The van der Waals surface area contributed by atoms with E-state index in [1.807, 2.05) is 32.0 Å². The first-order valence-electron chi connectivity index (χ1n) is 5.90. The minimum absolute atomic E-state index is 0.159. The van der Waals surface area contributed by atoms with Crippen LogP contribution in [0, 0.1) is 13.8 Å². The van der Waals surface area contributed by atoms with Gasteiger partial charge in [0.2, 0.25) is 0 Å². The Labute approximate surface area is 111 Å². The van der Waals surface area contributed by atoms with E-state index < -0.39 is 5.97 Å². The van der Waals surface area contributed by atoms with Crippen molar-refractivity contribution in [1.82, 2.24) is 5.32 Å². The van der Waals surface area contributed by atoms with Gasteiger partial charge in [-0.15, -0.1) is 0 Å². The van der Waals surface area contributed by atoms with Gasteiger partial charge in [-0.2, -0.15) is 0 Å². The van der Waals surface area contributed by atoms with E-state index in [1.54, 1.807) is 0 Å². The zero-order valence-corrected chi connectivity index (χ0v) is 11.0. The van der Waals surface area contributed by atoms with Crippen LogP contribution in [0.4, 0.5) is 10.5 Å². The number of hydrogen-bond acceptors (Lipinski definition) is 3. The minimum atomic E-state index is -1.03. The number of carboxylic acid groups (broad SMARTS) is 1. The van der Waals surface area contributed by atoms with Gasteiger partial charge in [0.1, 0.15) is 6.61 Å². The molecule has 1 aromatic carbocycles. The standard InChI is InChI=1S/C13H18N2O4/c1-9-3-4-11(10(2)7-9)15-13(18)14-5-6-19-8-12(16)17/h3-4,7H,5-6,8H2,1-2H3,(H,16,17)(H2,14,15,18). The van der Waals surface area contributed by atoms with Gasteiger partial charge in [0.15, 0.2) is 0 Å². The van der Waals surface area contributed by atoms with Gasteiger partial charge in [0.25, 0.3) is 0 Å². The Hall–Kier alpha value is -2.08. The van der Waals surface area contributed by atoms with Gasteiger partial charge in [-0.05, 0) is 25.5 Å². The van der Waals surface area contributed by atoms with Gasteiger partial charge in [-0.25, -0.2) is 9.59 Å². The van der Waals surface area contributed by atoms with Gasteiger partial charge < -0.3 is 20.5 Å². The van der Waals surface area contributed by atoms with Crippen molar-refractivity contribution in [2.24, 2.45) is 0 Å². The number of carboxylic acids is 1. The highest BCUT2D eigenvalue weighted by molar-refractivity contribution is 5.90. The van der Waals surface area contributed by atoms with Crippen LogP contribution in [0.5, 0.6) is 0 Å². The third kappa shape index (κ3) is 5.87. The lowest BCUT2D eigenvalue weighted by Crippen LogP contribution is -2.32. The number of urea groups is 1. The Kier molecular flexibility index (Phi) is 5.81. The van der Waals surface area contributed by atoms with E-state index in [2.05, 4.69) is 10.6 Å². The molecule has 0 aliphatic carbocycles. The van der Waals surface area contributed by atoms with E-state index in [4.69, 9.17) is 9.84 Å². The molecular formula is C13H18N2O4. The number of amides is 2. The molecule has 0 saturated carbocycles. The largest absolute Gasteiger partial charge is 0.480 e. The molecule has 19 heavy (non-hydrogen) atoms. The van der Waals surface area contributed by atoms with Crippen molar-refractivity contribution in [3.8, 4) is 0 Å². The Morgan fingerprint density at radius 1 is 1.32 bits per heavy atom. The molecule has 6 heteroatoms. The summed E-state index contributed by atoms with van der Waals surface area (Å²) >= 11 is 0. The molecule has 0 spiro atoms. The molecule has 0 aliphatic heterocycles. The number of hydrogen-bond donors (Lipinski definition) is 3. The van der Waals surface area contributed by atoms with Crippen LogP contribution in [0.25, 0.3) is 0 Å². The lowest BCUT2D eigenvalue weighted by molar-refractivity contribution is -0.142. The van der Waals surface area contributed by atoms with Gasteiger partial charge in [0, 0.05) is 12.2 Å². The number of anilines is 1. The Balaban J connectivity index is 2.29. The predicted molar refractivity (Wildman–Crippen MR) is 71.4 cm³/mol. The van der Waals surface area contributed by atoms with Crippen LogP contribution in [0.1, 0.15) is 11.1 Å². The summed E-state index contributed by atoms with van der Waals surface area (Å²) in [5.74, 6) is -1.03. The third-order valence-corrected chi connectivity index (χ3v) is 2.39. The maximum atomic E-state index is 11.6. The summed E-state index contributed by atoms with van der Waals surface area (Å²) in [6.07, 6.45) is 0. The lowest BCUT2D eigenvalue weighted by Gasteiger charge is -2.10. The van der Waals surface area contributed by atoms with Crippen molar-refractivity contribution in [2.75, 3.05) is 25.1 Å². The Morgan fingerprint density at radius 2 is 2.05 bits per heavy atom. The van der Waals surface area contributed by atoms with Crippen LogP contribution in [-0.4, -0.2) is 36.9 Å². The smallest absolute Gasteiger partial charge is 0.329 e. The summed E-state index contributed by atoms with van der Waals surface area (Å²) in [5.41, 5.74) is 2.86. The first kappa shape index (κ1) is 15.0. The maximum absolute atomic E-state index is 11.6. The van der Waals surface area contributed by atoms with Gasteiger partial charge in [0.05, 0.1) is 6.61 Å². The highest BCUT2D eigenvalue weighted by Gasteiger charge is 2.04. The van der Waals surface area contributed by atoms with Crippen molar-refractivity contribution in [1.29, 1.82) is 0 Å². The molecule has 104 valence electrons. The number of ether oxygens (including phenoxy) is 1. The number of carbonyl (C=O) groups excluding carboxylic acids is 1. The molecule has 6 nitrogen and oxygen atoms in total. The summed E-state index contributed by atoms with van der Waals surface area (Å²) in [4.78, 5) is 21.7. The van der Waals surface area contributed by atoms with Gasteiger partial charge >= 0.3 is 12.0 Å². The summed E-state index contributed by atoms with van der Waals surface area (Å²) in [5, 5.41) is 13.6. The first-order valence-corrected chi connectivity index (χ1v) is 5.90. The predicted octanol–water partition coefficient (Wildman–Crippen LogP) is 1.53. The van der Waals surface area contributed by atoms with Crippen molar-refractivity contribution >= 4 is 17.7 Å². The van der Waals surface area contributed by atoms with Crippen molar-refractivity contribution in [2.45, 2.75) is 13.8 Å². The average molecular weight is 266 g/mol. The zero-order chi connectivity index (χ0) is 14.3. The molecule has 0 aliphatic rings. The number of rotatable bonds is 6.